The van der Waals surface area contributed by atoms with Gasteiger partial charge >= 0.3 is 0 Å². The van der Waals surface area contributed by atoms with Gasteiger partial charge in [0.25, 0.3) is 0 Å². The van der Waals surface area contributed by atoms with Crippen LogP contribution in [-0.2, 0) is 6.42 Å². The molecule has 1 heterocycles. The maximum atomic E-state index is 12.9. The summed E-state index contributed by atoms with van der Waals surface area (Å²) in [5.41, 5.74) is 1.87. The van der Waals surface area contributed by atoms with E-state index in [4.69, 9.17) is 0 Å². The Morgan fingerprint density at radius 1 is 1.05 bits per heavy atom. The van der Waals surface area contributed by atoms with Gasteiger partial charge in [-0.15, -0.1) is 0 Å². The molecule has 0 spiro atoms. The Morgan fingerprint density at radius 2 is 1.75 bits per heavy atom. The molecule has 0 atom stereocenters. The fourth-order valence-electron chi connectivity index (χ4n) is 2.00. The zero-order valence-corrected chi connectivity index (χ0v) is 11.8. The van der Waals surface area contributed by atoms with E-state index in [-0.39, 0.29) is 5.82 Å². The molecule has 0 aliphatic carbocycles. The molecule has 0 aliphatic heterocycles. The van der Waals surface area contributed by atoms with Crippen molar-refractivity contribution < 1.29 is 4.39 Å². The molecule has 0 saturated heterocycles. The fraction of sp³-hybridized carbons (Fsp3) is 0.333. The van der Waals surface area contributed by atoms with E-state index < -0.39 is 0 Å². The number of hydrogen-bond donors (Lipinski definition) is 2. The van der Waals surface area contributed by atoms with Gasteiger partial charge in [-0.25, -0.2) is 14.4 Å². The van der Waals surface area contributed by atoms with Crippen molar-refractivity contribution in [1.82, 2.24) is 9.97 Å². The molecule has 1 aromatic carbocycles. The van der Waals surface area contributed by atoms with E-state index in [1.165, 1.54) is 18.5 Å². The van der Waals surface area contributed by atoms with Crippen LogP contribution < -0.4 is 10.6 Å². The first-order valence-corrected chi connectivity index (χ1v) is 6.85. The van der Waals surface area contributed by atoms with Crippen molar-refractivity contribution in [1.29, 1.82) is 0 Å². The fourth-order valence-corrected chi connectivity index (χ4v) is 2.00. The van der Waals surface area contributed by atoms with Crippen molar-refractivity contribution in [3.05, 3.63) is 42.0 Å². The number of nitrogens with one attached hydrogen (secondary N) is 2. The van der Waals surface area contributed by atoms with Gasteiger partial charge in [0.05, 0.1) is 0 Å². The number of anilines is 3. The number of hydrogen-bond acceptors (Lipinski definition) is 4. The van der Waals surface area contributed by atoms with Gasteiger partial charge in [0.1, 0.15) is 23.8 Å². The molecule has 0 amide bonds. The highest BCUT2D eigenvalue weighted by Gasteiger charge is 2.10. The second kappa shape index (κ2) is 6.84. The van der Waals surface area contributed by atoms with Gasteiger partial charge in [0.15, 0.2) is 0 Å². The number of halogens is 1. The molecule has 106 valence electrons. The van der Waals surface area contributed by atoms with Gasteiger partial charge in [-0.3, -0.25) is 0 Å². The predicted octanol–water partition coefficient (Wildman–Crippen LogP) is 3.74. The molecule has 0 unspecified atom stereocenters. The minimum Gasteiger partial charge on any atom is -0.370 e. The monoisotopic (exact) mass is 274 g/mol. The Labute approximate surface area is 118 Å². The van der Waals surface area contributed by atoms with Crippen LogP contribution in [0.2, 0.25) is 0 Å². The van der Waals surface area contributed by atoms with E-state index in [9.17, 15) is 4.39 Å². The zero-order valence-electron chi connectivity index (χ0n) is 11.8. The van der Waals surface area contributed by atoms with E-state index in [1.807, 2.05) is 6.92 Å². The van der Waals surface area contributed by atoms with Crippen LogP contribution in [-0.4, -0.2) is 16.5 Å². The topological polar surface area (TPSA) is 49.8 Å². The van der Waals surface area contributed by atoms with E-state index in [1.54, 1.807) is 12.1 Å². The van der Waals surface area contributed by atoms with Crippen LogP contribution in [0.1, 0.15) is 25.8 Å². The Balaban J connectivity index is 2.29. The highest BCUT2D eigenvalue weighted by molar-refractivity contribution is 5.64. The van der Waals surface area contributed by atoms with Crippen LogP contribution in [0.4, 0.5) is 21.7 Å². The summed E-state index contributed by atoms with van der Waals surface area (Å²) in [4.78, 5) is 8.58. The van der Waals surface area contributed by atoms with Gasteiger partial charge in [0.2, 0.25) is 0 Å². The minimum absolute atomic E-state index is 0.250. The van der Waals surface area contributed by atoms with Gasteiger partial charge in [-0.2, -0.15) is 0 Å². The molecule has 0 saturated carbocycles. The highest BCUT2D eigenvalue weighted by atomic mass is 19.1. The minimum atomic E-state index is -0.250. The summed E-state index contributed by atoms with van der Waals surface area (Å²) in [6, 6.07) is 6.24. The molecule has 1 aromatic heterocycles. The van der Waals surface area contributed by atoms with Crippen LogP contribution in [0.5, 0.6) is 0 Å². The van der Waals surface area contributed by atoms with Crippen molar-refractivity contribution in [2.75, 3.05) is 17.2 Å². The van der Waals surface area contributed by atoms with E-state index in [0.29, 0.717) is 0 Å². The van der Waals surface area contributed by atoms with Crippen molar-refractivity contribution in [3.63, 3.8) is 0 Å². The second-order valence-electron chi connectivity index (χ2n) is 4.46. The lowest BCUT2D eigenvalue weighted by atomic mass is 10.1. The van der Waals surface area contributed by atoms with E-state index >= 15 is 0 Å². The Hall–Kier alpha value is -2.17. The molecule has 2 aromatic rings. The smallest absolute Gasteiger partial charge is 0.139 e. The third kappa shape index (κ3) is 3.44. The number of benzene rings is 1. The van der Waals surface area contributed by atoms with Crippen LogP contribution in [0.25, 0.3) is 0 Å². The van der Waals surface area contributed by atoms with E-state index in [0.717, 1.165) is 42.3 Å². The normalized spacial score (nSPS) is 10.3. The third-order valence-electron chi connectivity index (χ3n) is 2.90. The lowest BCUT2D eigenvalue weighted by Gasteiger charge is -2.14. The summed E-state index contributed by atoms with van der Waals surface area (Å²) in [5, 5.41) is 6.47. The summed E-state index contributed by atoms with van der Waals surface area (Å²) in [6.07, 6.45) is 3.42. The molecule has 0 radical (unpaired) electrons. The van der Waals surface area contributed by atoms with Crippen LogP contribution in [0.3, 0.4) is 0 Å². The molecule has 0 aliphatic rings. The zero-order chi connectivity index (χ0) is 14.4. The number of rotatable bonds is 6. The average molecular weight is 274 g/mol. The Morgan fingerprint density at radius 3 is 2.40 bits per heavy atom. The molecule has 20 heavy (non-hydrogen) atoms. The first-order valence-electron chi connectivity index (χ1n) is 6.85. The number of aromatic nitrogens is 2. The summed E-state index contributed by atoms with van der Waals surface area (Å²) >= 11 is 0. The molecular formula is C15H19FN4. The van der Waals surface area contributed by atoms with Gasteiger partial charge in [-0.05, 0) is 37.6 Å². The SMILES string of the molecule is CCCc1c(NCC)ncnc1Nc1ccc(F)cc1. The molecular weight excluding hydrogens is 255 g/mol. The average Bonchev–Trinajstić information content (AvgIpc) is 2.45. The van der Waals surface area contributed by atoms with Gasteiger partial charge in [0, 0.05) is 17.8 Å². The third-order valence-corrected chi connectivity index (χ3v) is 2.90. The van der Waals surface area contributed by atoms with Crippen molar-refractivity contribution >= 4 is 17.3 Å². The van der Waals surface area contributed by atoms with Crippen LogP contribution in [0, 0.1) is 5.82 Å². The van der Waals surface area contributed by atoms with Crippen LogP contribution >= 0.6 is 0 Å². The highest BCUT2D eigenvalue weighted by Crippen LogP contribution is 2.24. The summed E-state index contributed by atoms with van der Waals surface area (Å²) < 4.78 is 12.9. The summed E-state index contributed by atoms with van der Waals surface area (Å²) in [5.74, 6) is 1.37. The molecule has 5 heteroatoms. The summed E-state index contributed by atoms with van der Waals surface area (Å²) in [6.45, 7) is 4.96. The Kier molecular flexibility index (Phi) is 4.87. The molecule has 0 fully saturated rings. The van der Waals surface area contributed by atoms with Crippen molar-refractivity contribution in [3.8, 4) is 0 Å². The lowest BCUT2D eigenvalue weighted by molar-refractivity contribution is 0.628. The maximum absolute atomic E-state index is 12.9. The quantitative estimate of drug-likeness (QED) is 0.842. The molecule has 2 N–H and O–H groups in total. The maximum Gasteiger partial charge on any atom is 0.139 e. The summed E-state index contributed by atoms with van der Waals surface area (Å²) in [7, 11) is 0. The number of nitrogens with zero attached hydrogens (tertiary/aromatic N) is 2. The van der Waals surface area contributed by atoms with E-state index in [2.05, 4.69) is 27.5 Å². The molecule has 2 rings (SSSR count). The van der Waals surface area contributed by atoms with Crippen LogP contribution in [0.15, 0.2) is 30.6 Å². The van der Waals surface area contributed by atoms with Gasteiger partial charge in [-0.1, -0.05) is 13.3 Å². The molecule has 4 nitrogen and oxygen atoms in total. The second-order valence-corrected chi connectivity index (χ2v) is 4.46. The van der Waals surface area contributed by atoms with Crippen molar-refractivity contribution in [2.45, 2.75) is 26.7 Å². The molecule has 0 bridgehead atoms. The van der Waals surface area contributed by atoms with Gasteiger partial charge < -0.3 is 10.6 Å². The Bertz CT molecular complexity index is 554. The largest absolute Gasteiger partial charge is 0.370 e. The predicted molar refractivity (Wildman–Crippen MR) is 79.9 cm³/mol. The first kappa shape index (κ1) is 14.2. The standard InChI is InChI=1S/C15H19FN4/c1-3-5-13-14(17-4-2)18-10-19-15(13)20-12-8-6-11(16)7-9-12/h6-10H,3-5H2,1-2H3,(H2,17,18,19,20). The first-order chi connectivity index (χ1) is 9.74. The lowest BCUT2D eigenvalue weighted by Crippen LogP contribution is -2.08. The van der Waals surface area contributed by atoms with Crippen molar-refractivity contribution in [2.24, 2.45) is 0 Å².